The summed E-state index contributed by atoms with van der Waals surface area (Å²) < 4.78 is 0. The van der Waals surface area contributed by atoms with Crippen molar-refractivity contribution in [3.63, 3.8) is 0 Å². The average Bonchev–Trinajstić information content (AvgIpc) is 2.23. The topological polar surface area (TPSA) is 15.3 Å². The first-order valence-electron chi connectivity index (χ1n) is 4.66. The molecule has 4 heteroatoms. The van der Waals surface area contributed by atoms with Crippen LogP contribution in [0.2, 0.25) is 0 Å². The Hall–Kier alpha value is 0.500. The van der Waals surface area contributed by atoms with Crippen molar-refractivity contribution in [3.05, 3.63) is 0 Å². The van der Waals surface area contributed by atoms with Crippen molar-refractivity contribution in [1.29, 1.82) is 0 Å². The lowest BCUT2D eigenvalue weighted by molar-refractivity contribution is 0.158. The molecular weight excluding hydrogens is 207 g/mol. The van der Waals surface area contributed by atoms with Crippen LogP contribution in [0.3, 0.4) is 0 Å². The first-order chi connectivity index (χ1) is 5.29. The van der Waals surface area contributed by atoms with E-state index in [1.54, 1.807) is 0 Å². The molecule has 2 rings (SSSR count). The molecule has 2 bridgehead atoms. The Balaban J connectivity index is 0.000000720. The summed E-state index contributed by atoms with van der Waals surface area (Å²) in [7, 11) is 4.45. The molecule has 13 heavy (non-hydrogen) atoms. The molecule has 2 unspecified atom stereocenters. The van der Waals surface area contributed by atoms with Crippen LogP contribution in [0.1, 0.15) is 12.8 Å². The highest BCUT2D eigenvalue weighted by Crippen LogP contribution is 2.35. The number of halogens is 2. The van der Waals surface area contributed by atoms with Gasteiger partial charge in [0.2, 0.25) is 0 Å². The first-order valence-corrected chi connectivity index (χ1v) is 4.66. The van der Waals surface area contributed by atoms with Crippen LogP contribution in [0.25, 0.3) is 0 Å². The van der Waals surface area contributed by atoms with Gasteiger partial charge in [0.05, 0.1) is 0 Å². The first kappa shape index (κ1) is 13.5. The summed E-state index contributed by atoms with van der Waals surface area (Å²) in [5.41, 5.74) is 0. The minimum absolute atomic E-state index is 0. The highest BCUT2D eigenvalue weighted by Gasteiger charge is 2.39. The summed E-state index contributed by atoms with van der Waals surface area (Å²) in [6.45, 7) is 2.50. The molecule has 1 aliphatic heterocycles. The summed E-state index contributed by atoms with van der Waals surface area (Å²) in [6, 6.07) is 0.872. The second kappa shape index (κ2) is 5.40. The van der Waals surface area contributed by atoms with Crippen molar-refractivity contribution < 1.29 is 0 Å². The summed E-state index contributed by atoms with van der Waals surface area (Å²) >= 11 is 0. The lowest BCUT2D eigenvalue weighted by Gasteiger charge is -2.35. The molecule has 0 spiro atoms. The van der Waals surface area contributed by atoms with Crippen LogP contribution in [-0.2, 0) is 0 Å². The third-order valence-electron chi connectivity index (χ3n) is 3.28. The molecule has 0 radical (unpaired) electrons. The number of hydrogen-bond donors (Lipinski definition) is 1. The van der Waals surface area contributed by atoms with E-state index in [1.807, 2.05) is 0 Å². The Morgan fingerprint density at radius 2 is 1.46 bits per heavy atom. The molecule has 2 nitrogen and oxygen atoms in total. The molecule has 1 aliphatic carbocycles. The zero-order valence-corrected chi connectivity index (χ0v) is 9.96. The molecule has 1 heterocycles. The van der Waals surface area contributed by atoms with E-state index in [0.29, 0.717) is 0 Å². The van der Waals surface area contributed by atoms with Crippen molar-refractivity contribution in [2.24, 2.45) is 11.8 Å². The molecule has 2 aliphatic rings. The number of hydrogen-bond acceptors (Lipinski definition) is 2. The van der Waals surface area contributed by atoms with Gasteiger partial charge in [-0.05, 0) is 51.9 Å². The molecule has 0 aromatic carbocycles. The van der Waals surface area contributed by atoms with E-state index in [2.05, 4.69) is 24.3 Å². The van der Waals surface area contributed by atoms with Gasteiger partial charge < -0.3 is 10.2 Å². The largest absolute Gasteiger partial charge is 0.316 e. The maximum Gasteiger partial charge on any atom is 0.0170 e. The van der Waals surface area contributed by atoms with E-state index in [1.165, 1.54) is 25.9 Å². The van der Waals surface area contributed by atoms with E-state index in [0.717, 1.165) is 17.9 Å². The van der Waals surface area contributed by atoms with E-state index in [9.17, 15) is 0 Å². The zero-order valence-electron chi connectivity index (χ0n) is 8.32. The van der Waals surface area contributed by atoms with Crippen LogP contribution in [0.4, 0.5) is 0 Å². The maximum absolute atomic E-state index is 3.50. The fourth-order valence-electron chi connectivity index (χ4n) is 2.90. The molecule has 1 saturated heterocycles. The highest BCUT2D eigenvalue weighted by molar-refractivity contribution is 5.85. The van der Waals surface area contributed by atoms with E-state index in [4.69, 9.17) is 0 Å². The van der Waals surface area contributed by atoms with Crippen LogP contribution in [0.15, 0.2) is 0 Å². The summed E-state index contributed by atoms with van der Waals surface area (Å²) in [6.07, 6.45) is 2.89. The average molecular weight is 227 g/mol. The molecule has 80 valence electrons. The van der Waals surface area contributed by atoms with Crippen LogP contribution < -0.4 is 5.32 Å². The second-order valence-corrected chi connectivity index (χ2v) is 4.21. The van der Waals surface area contributed by atoms with Gasteiger partial charge in [-0.1, -0.05) is 0 Å². The molecule has 1 saturated carbocycles. The summed E-state index contributed by atoms with van der Waals surface area (Å²) in [5.74, 6) is 1.87. The number of piperidine rings is 1. The van der Waals surface area contributed by atoms with Crippen LogP contribution >= 0.6 is 24.8 Å². The molecule has 2 fully saturated rings. The SMILES string of the molecule is CN(C)C1C2CCC1CNC2.Cl.Cl. The fraction of sp³-hybridized carbons (Fsp3) is 1.00. The fourth-order valence-corrected chi connectivity index (χ4v) is 2.90. The van der Waals surface area contributed by atoms with Crippen molar-refractivity contribution in [1.82, 2.24) is 10.2 Å². The lowest BCUT2D eigenvalue weighted by atomic mass is 9.93. The van der Waals surface area contributed by atoms with Gasteiger partial charge in [0.25, 0.3) is 0 Å². The van der Waals surface area contributed by atoms with Crippen LogP contribution in [0.5, 0.6) is 0 Å². The Morgan fingerprint density at radius 3 is 1.77 bits per heavy atom. The van der Waals surface area contributed by atoms with Gasteiger partial charge in [0, 0.05) is 6.04 Å². The van der Waals surface area contributed by atoms with Gasteiger partial charge in [-0.15, -0.1) is 24.8 Å². The molecule has 0 aromatic rings. The standard InChI is InChI=1S/C9H18N2.2ClH/c1-11(2)9-7-3-4-8(9)6-10-5-7;;/h7-10H,3-6H2,1-2H3;2*1H. The quantitative estimate of drug-likeness (QED) is 0.728. The van der Waals surface area contributed by atoms with Crippen LogP contribution in [0, 0.1) is 11.8 Å². The van der Waals surface area contributed by atoms with Gasteiger partial charge in [0.15, 0.2) is 0 Å². The van der Waals surface area contributed by atoms with E-state index >= 15 is 0 Å². The van der Waals surface area contributed by atoms with Gasteiger partial charge in [-0.25, -0.2) is 0 Å². The van der Waals surface area contributed by atoms with Crippen molar-refractivity contribution >= 4 is 24.8 Å². The molecule has 0 amide bonds. The Morgan fingerprint density at radius 1 is 1.00 bits per heavy atom. The number of nitrogens with zero attached hydrogens (tertiary/aromatic N) is 1. The van der Waals surface area contributed by atoms with Gasteiger partial charge >= 0.3 is 0 Å². The summed E-state index contributed by atoms with van der Waals surface area (Å²) in [5, 5.41) is 3.50. The number of fused-ring (bicyclic) bond motifs is 2. The minimum atomic E-state index is 0. The monoisotopic (exact) mass is 226 g/mol. The lowest BCUT2D eigenvalue weighted by Crippen LogP contribution is -2.48. The Kier molecular flexibility index (Phi) is 5.61. The maximum atomic E-state index is 3.50. The molecular formula is C9H20Cl2N2. The second-order valence-electron chi connectivity index (χ2n) is 4.21. The van der Waals surface area contributed by atoms with Gasteiger partial charge in [0.1, 0.15) is 0 Å². The highest BCUT2D eigenvalue weighted by atomic mass is 35.5. The number of nitrogens with one attached hydrogen (secondary N) is 1. The van der Waals surface area contributed by atoms with Crippen molar-refractivity contribution in [2.45, 2.75) is 18.9 Å². The third-order valence-corrected chi connectivity index (χ3v) is 3.28. The normalized spacial score (nSPS) is 36.7. The summed E-state index contributed by atoms with van der Waals surface area (Å²) in [4.78, 5) is 2.42. The Bertz CT molecular complexity index is 137. The smallest absolute Gasteiger partial charge is 0.0170 e. The van der Waals surface area contributed by atoms with Gasteiger partial charge in [-0.2, -0.15) is 0 Å². The van der Waals surface area contributed by atoms with E-state index in [-0.39, 0.29) is 24.8 Å². The van der Waals surface area contributed by atoms with Crippen LogP contribution in [-0.4, -0.2) is 38.1 Å². The van der Waals surface area contributed by atoms with Crippen molar-refractivity contribution in [2.75, 3.05) is 27.2 Å². The van der Waals surface area contributed by atoms with Gasteiger partial charge in [-0.3, -0.25) is 0 Å². The van der Waals surface area contributed by atoms with Crippen molar-refractivity contribution in [3.8, 4) is 0 Å². The number of rotatable bonds is 1. The molecule has 2 atom stereocenters. The molecule has 1 N–H and O–H groups in total. The zero-order chi connectivity index (χ0) is 7.84. The van der Waals surface area contributed by atoms with E-state index < -0.39 is 0 Å². The predicted octanol–water partition coefficient (Wildman–Crippen LogP) is 1.39. The predicted molar refractivity (Wildman–Crippen MR) is 61.1 cm³/mol. The molecule has 0 aromatic heterocycles. The Labute approximate surface area is 93.3 Å². The minimum Gasteiger partial charge on any atom is -0.316 e. The third kappa shape index (κ3) is 2.50.